The second kappa shape index (κ2) is 17.2. The van der Waals surface area contributed by atoms with Crippen molar-refractivity contribution < 1.29 is 14.3 Å². The molecule has 0 fully saturated rings. The number of pyridine rings is 1. The standard InChI is InChI=1S/C24H37NO3/c1-22(26)16-13-11-9-7-5-3-2-4-6-8-10-12-14-18-24(27)28-21-23-17-15-19-25-20-23/h2-3,15,17,19-20H,4-14,16,18,21H2,1H3/b3-2-. The first kappa shape index (κ1) is 24.1. The van der Waals surface area contributed by atoms with Crippen LogP contribution in [-0.2, 0) is 20.9 Å². The first-order chi connectivity index (χ1) is 13.7. The van der Waals surface area contributed by atoms with Crippen molar-refractivity contribution in [2.24, 2.45) is 0 Å². The molecule has 0 saturated carbocycles. The Bertz CT molecular complexity index is 554. The van der Waals surface area contributed by atoms with Crippen molar-refractivity contribution >= 4 is 11.8 Å². The van der Waals surface area contributed by atoms with E-state index in [0.29, 0.717) is 18.8 Å². The maximum Gasteiger partial charge on any atom is 0.306 e. The van der Waals surface area contributed by atoms with Gasteiger partial charge in [0.25, 0.3) is 0 Å². The molecule has 156 valence electrons. The number of Topliss-reactive ketones (excluding diaryl/α,β-unsaturated/α-hetero) is 1. The molecule has 0 atom stereocenters. The highest BCUT2D eigenvalue weighted by molar-refractivity contribution is 5.75. The van der Waals surface area contributed by atoms with Gasteiger partial charge in [0.05, 0.1) is 0 Å². The molecule has 0 aliphatic rings. The van der Waals surface area contributed by atoms with E-state index in [4.69, 9.17) is 4.74 Å². The molecule has 1 aromatic rings. The molecule has 4 nitrogen and oxygen atoms in total. The van der Waals surface area contributed by atoms with Gasteiger partial charge in [-0.1, -0.05) is 50.3 Å². The number of hydrogen-bond acceptors (Lipinski definition) is 4. The second-order valence-corrected chi connectivity index (χ2v) is 7.45. The smallest absolute Gasteiger partial charge is 0.306 e. The molecule has 1 heterocycles. The van der Waals surface area contributed by atoms with E-state index in [2.05, 4.69) is 17.1 Å². The molecule has 0 aliphatic carbocycles. The largest absolute Gasteiger partial charge is 0.461 e. The van der Waals surface area contributed by atoms with E-state index in [9.17, 15) is 9.59 Å². The Labute approximate surface area is 170 Å². The molecule has 0 bridgehead atoms. The Kier molecular flexibility index (Phi) is 14.7. The highest BCUT2D eigenvalue weighted by Crippen LogP contribution is 2.10. The van der Waals surface area contributed by atoms with Gasteiger partial charge in [0.15, 0.2) is 0 Å². The fourth-order valence-corrected chi connectivity index (χ4v) is 3.01. The molecule has 0 amide bonds. The van der Waals surface area contributed by atoms with Crippen molar-refractivity contribution in [2.45, 2.75) is 97.0 Å². The van der Waals surface area contributed by atoms with Crippen molar-refractivity contribution in [3.63, 3.8) is 0 Å². The molecule has 0 saturated heterocycles. The van der Waals surface area contributed by atoms with E-state index in [0.717, 1.165) is 44.1 Å². The van der Waals surface area contributed by atoms with Crippen molar-refractivity contribution in [1.82, 2.24) is 4.98 Å². The second-order valence-electron chi connectivity index (χ2n) is 7.45. The molecule has 1 aromatic heterocycles. The molecule has 28 heavy (non-hydrogen) atoms. The van der Waals surface area contributed by atoms with E-state index < -0.39 is 0 Å². The zero-order chi connectivity index (χ0) is 20.3. The molecule has 0 aromatic carbocycles. The van der Waals surface area contributed by atoms with Crippen LogP contribution in [0.1, 0.15) is 96.0 Å². The van der Waals surface area contributed by atoms with Crippen LogP contribution in [0.5, 0.6) is 0 Å². The van der Waals surface area contributed by atoms with Crippen molar-refractivity contribution in [2.75, 3.05) is 0 Å². The number of ketones is 1. The normalized spacial score (nSPS) is 11.0. The number of rotatable bonds is 17. The Morgan fingerprint density at radius 2 is 1.50 bits per heavy atom. The predicted octanol–water partition coefficient (Wildman–Crippen LogP) is 6.34. The van der Waals surface area contributed by atoms with Gasteiger partial charge < -0.3 is 9.53 Å². The quantitative estimate of drug-likeness (QED) is 0.178. The van der Waals surface area contributed by atoms with Crippen LogP contribution < -0.4 is 0 Å². The molecule has 0 N–H and O–H groups in total. The summed E-state index contributed by atoms with van der Waals surface area (Å²) in [4.78, 5) is 26.5. The van der Waals surface area contributed by atoms with Crippen LogP contribution in [0, 0.1) is 0 Å². The maximum absolute atomic E-state index is 11.7. The summed E-state index contributed by atoms with van der Waals surface area (Å²) in [7, 11) is 0. The fraction of sp³-hybridized carbons (Fsp3) is 0.625. The van der Waals surface area contributed by atoms with Crippen LogP contribution in [0.15, 0.2) is 36.7 Å². The Balaban J connectivity index is 1.82. The Morgan fingerprint density at radius 1 is 0.893 bits per heavy atom. The fourth-order valence-electron chi connectivity index (χ4n) is 3.01. The minimum atomic E-state index is -0.118. The first-order valence-electron chi connectivity index (χ1n) is 10.9. The van der Waals surface area contributed by atoms with Gasteiger partial charge >= 0.3 is 5.97 Å². The Hall–Kier alpha value is -1.97. The van der Waals surface area contributed by atoms with Gasteiger partial charge in [0.1, 0.15) is 12.4 Å². The van der Waals surface area contributed by atoms with Gasteiger partial charge in [0, 0.05) is 30.8 Å². The lowest BCUT2D eigenvalue weighted by molar-refractivity contribution is -0.145. The van der Waals surface area contributed by atoms with Crippen molar-refractivity contribution in [3.05, 3.63) is 42.2 Å². The van der Waals surface area contributed by atoms with Crippen LogP contribution in [-0.4, -0.2) is 16.7 Å². The monoisotopic (exact) mass is 387 g/mol. The number of ether oxygens (including phenoxy) is 1. The van der Waals surface area contributed by atoms with Crippen LogP contribution in [0.4, 0.5) is 0 Å². The summed E-state index contributed by atoms with van der Waals surface area (Å²) in [5.41, 5.74) is 0.928. The molecule has 1 rings (SSSR count). The van der Waals surface area contributed by atoms with Crippen molar-refractivity contribution in [3.8, 4) is 0 Å². The zero-order valence-electron chi connectivity index (χ0n) is 17.5. The Morgan fingerprint density at radius 3 is 2.11 bits per heavy atom. The minimum absolute atomic E-state index is 0.118. The minimum Gasteiger partial charge on any atom is -0.461 e. The average molecular weight is 388 g/mol. The van der Waals surface area contributed by atoms with E-state index in [1.807, 2.05) is 12.1 Å². The third-order valence-corrected chi connectivity index (χ3v) is 4.69. The van der Waals surface area contributed by atoms with E-state index in [1.54, 1.807) is 19.3 Å². The molecule has 0 unspecified atom stereocenters. The number of allylic oxidation sites excluding steroid dienone is 2. The topological polar surface area (TPSA) is 56.3 Å². The molecule has 0 radical (unpaired) electrons. The average Bonchev–Trinajstić information content (AvgIpc) is 2.70. The number of esters is 1. The number of unbranched alkanes of at least 4 members (excludes halogenated alkanes) is 9. The lowest BCUT2D eigenvalue weighted by atomic mass is 10.1. The number of carbonyl (C=O) groups is 2. The summed E-state index contributed by atoms with van der Waals surface area (Å²) in [5.74, 6) is 0.189. The maximum atomic E-state index is 11.7. The third-order valence-electron chi connectivity index (χ3n) is 4.69. The lowest BCUT2D eigenvalue weighted by Gasteiger charge is -2.04. The highest BCUT2D eigenvalue weighted by atomic mass is 16.5. The number of nitrogens with zero attached hydrogens (tertiary/aromatic N) is 1. The molecular formula is C24H37NO3. The predicted molar refractivity (Wildman–Crippen MR) is 114 cm³/mol. The molecule has 0 aliphatic heterocycles. The van der Waals surface area contributed by atoms with Crippen LogP contribution in [0.25, 0.3) is 0 Å². The number of carbonyl (C=O) groups excluding carboxylic acids is 2. The summed E-state index contributed by atoms with van der Waals surface area (Å²) in [6.45, 7) is 1.99. The molecular weight excluding hydrogens is 350 g/mol. The number of aromatic nitrogens is 1. The van der Waals surface area contributed by atoms with Crippen LogP contribution >= 0.6 is 0 Å². The van der Waals surface area contributed by atoms with E-state index >= 15 is 0 Å². The summed E-state index contributed by atoms with van der Waals surface area (Å²) >= 11 is 0. The first-order valence-corrected chi connectivity index (χ1v) is 10.9. The summed E-state index contributed by atoms with van der Waals surface area (Å²) in [5, 5.41) is 0. The molecule has 4 heteroatoms. The number of hydrogen-bond donors (Lipinski definition) is 0. The van der Waals surface area contributed by atoms with E-state index in [-0.39, 0.29) is 5.97 Å². The van der Waals surface area contributed by atoms with Gasteiger partial charge in [-0.05, 0) is 51.5 Å². The van der Waals surface area contributed by atoms with Crippen LogP contribution in [0.2, 0.25) is 0 Å². The van der Waals surface area contributed by atoms with Crippen LogP contribution in [0.3, 0.4) is 0 Å². The van der Waals surface area contributed by atoms with Crippen molar-refractivity contribution in [1.29, 1.82) is 0 Å². The highest BCUT2D eigenvalue weighted by Gasteiger charge is 2.03. The summed E-state index contributed by atoms with van der Waals surface area (Å²) in [6, 6.07) is 3.75. The SMILES string of the molecule is CC(=O)CCCCCC/C=C\CCCCCCCC(=O)OCc1cccnc1. The van der Waals surface area contributed by atoms with Gasteiger partial charge in [-0.2, -0.15) is 0 Å². The van der Waals surface area contributed by atoms with E-state index in [1.165, 1.54) is 38.5 Å². The van der Waals surface area contributed by atoms with Gasteiger partial charge in [0.2, 0.25) is 0 Å². The van der Waals surface area contributed by atoms with Gasteiger partial charge in [-0.3, -0.25) is 9.78 Å². The summed E-state index contributed by atoms with van der Waals surface area (Å²) in [6.07, 6.45) is 21.9. The molecule has 0 spiro atoms. The van der Waals surface area contributed by atoms with Gasteiger partial charge in [-0.15, -0.1) is 0 Å². The lowest BCUT2D eigenvalue weighted by Crippen LogP contribution is -2.04. The summed E-state index contributed by atoms with van der Waals surface area (Å²) < 4.78 is 5.25. The third kappa shape index (κ3) is 15.1. The zero-order valence-corrected chi connectivity index (χ0v) is 17.5. The van der Waals surface area contributed by atoms with Gasteiger partial charge in [-0.25, -0.2) is 0 Å².